The summed E-state index contributed by atoms with van der Waals surface area (Å²) in [5.41, 5.74) is -0.744. The van der Waals surface area contributed by atoms with E-state index in [1.54, 1.807) is 6.07 Å². The normalized spacial score (nSPS) is 16.3. The van der Waals surface area contributed by atoms with Crippen molar-refractivity contribution < 1.29 is 27.5 Å². The van der Waals surface area contributed by atoms with Gasteiger partial charge in [0, 0.05) is 37.2 Å². The Hall–Kier alpha value is -1.78. The van der Waals surface area contributed by atoms with Crippen LogP contribution >= 0.6 is 11.8 Å². The third-order valence-corrected chi connectivity index (χ3v) is 5.41. The van der Waals surface area contributed by atoms with E-state index in [9.17, 15) is 22.8 Å². The van der Waals surface area contributed by atoms with Gasteiger partial charge >= 0.3 is 6.18 Å². The van der Waals surface area contributed by atoms with E-state index in [-0.39, 0.29) is 17.6 Å². The van der Waals surface area contributed by atoms with Crippen molar-refractivity contribution >= 4 is 23.6 Å². The van der Waals surface area contributed by atoms with E-state index in [0.717, 1.165) is 49.9 Å². The number of nitrogens with zero attached hydrogens (tertiary/aromatic N) is 1. The summed E-state index contributed by atoms with van der Waals surface area (Å²) >= 11 is 1.09. The summed E-state index contributed by atoms with van der Waals surface area (Å²) in [6, 6.07) is 4.08. The van der Waals surface area contributed by atoms with Crippen LogP contribution in [0.25, 0.3) is 0 Å². The number of nitrogens with one attached hydrogen (secondary N) is 2. The Bertz CT molecular complexity index is 682. The first-order valence-electron chi connectivity index (χ1n) is 9.40. The lowest BCUT2D eigenvalue weighted by Crippen LogP contribution is -2.48. The zero-order valence-corrected chi connectivity index (χ0v) is 17.1. The first-order valence-corrected chi connectivity index (χ1v) is 10.4. The fourth-order valence-corrected chi connectivity index (χ4v) is 3.81. The fourth-order valence-electron chi connectivity index (χ4n) is 2.83. The molecule has 0 aromatic heterocycles. The summed E-state index contributed by atoms with van der Waals surface area (Å²) in [6.45, 7) is 5.77. The molecule has 0 radical (unpaired) electrons. The average molecular weight is 433 g/mol. The van der Waals surface area contributed by atoms with E-state index in [1.807, 2.05) is 0 Å². The van der Waals surface area contributed by atoms with Gasteiger partial charge in [0.1, 0.15) is 6.04 Å². The third kappa shape index (κ3) is 8.63. The summed E-state index contributed by atoms with van der Waals surface area (Å²) in [7, 11) is 0. The van der Waals surface area contributed by atoms with Crippen LogP contribution in [0.5, 0.6) is 0 Å². The zero-order valence-electron chi connectivity index (χ0n) is 16.3. The molecule has 29 heavy (non-hydrogen) atoms. The highest BCUT2D eigenvalue weighted by molar-refractivity contribution is 7.99. The van der Waals surface area contributed by atoms with Crippen LogP contribution in [0.15, 0.2) is 29.2 Å². The van der Waals surface area contributed by atoms with E-state index < -0.39 is 17.8 Å². The monoisotopic (exact) mass is 433 g/mol. The molecule has 1 unspecified atom stereocenters. The maximum absolute atomic E-state index is 12.8. The lowest BCUT2D eigenvalue weighted by atomic mass is 10.2. The minimum absolute atomic E-state index is 0.135. The molecule has 2 N–H and O–H groups in total. The highest BCUT2D eigenvalue weighted by atomic mass is 32.2. The molecule has 1 aliphatic heterocycles. The number of ether oxygens (including phenoxy) is 1. The summed E-state index contributed by atoms with van der Waals surface area (Å²) in [5, 5.41) is 5.36. The third-order valence-electron chi connectivity index (χ3n) is 4.33. The summed E-state index contributed by atoms with van der Waals surface area (Å²) in [6.07, 6.45) is -3.66. The molecule has 2 amide bonds. The highest BCUT2D eigenvalue weighted by Gasteiger charge is 2.30. The van der Waals surface area contributed by atoms with Crippen molar-refractivity contribution in [1.29, 1.82) is 0 Å². The van der Waals surface area contributed by atoms with Crippen molar-refractivity contribution in [2.75, 3.05) is 45.1 Å². The number of carbonyl (C=O) groups is 2. The van der Waals surface area contributed by atoms with E-state index in [4.69, 9.17) is 4.74 Å². The topological polar surface area (TPSA) is 70.7 Å². The molecule has 0 saturated carbocycles. The van der Waals surface area contributed by atoms with Crippen molar-refractivity contribution in [2.24, 2.45) is 0 Å². The van der Waals surface area contributed by atoms with Crippen molar-refractivity contribution in [3.05, 3.63) is 29.8 Å². The summed E-state index contributed by atoms with van der Waals surface area (Å²) in [4.78, 5) is 26.5. The molecule has 1 aromatic carbocycles. The zero-order chi connectivity index (χ0) is 21.3. The molecule has 10 heteroatoms. The van der Waals surface area contributed by atoms with Gasteiger partial charge in [-0.2, -0.15) is 13.2 Å². The number of alkyl halides is 3. The van der Waals surface area contributed by atoms with E-state index in [1.165, 1.54) is 13.0 Å². The number of amides is 2. The smallest absolute Gasteiger partial charge is 0.379 e. The minimum Gasteiger partial charge on any atom is -0.379 e. The van der Waals surface area contributed by atoms with Gasteiger partial charge in [0.25, 0.3) is 0 Å². The van der Waals surface area contributed by atoms with Gasteiger partial charge in [-0.15, -0.1) is 11.8 Å². The predicted molar refractivity (Wildman–Crippen MR) is 105 cm³/mol. The van der Waals surface area contributed by atoms with Gasteiger partial charge in [0.15, 0.2) is 0 Å². The van der Waals surface area contributed by atoms with Crippen LogP contribution in [0.3, 0.4) is 0 Å². The van der Waals surface area contributed by atoms with Gasteiger partial charge in [-0.1, -0.05) is 6.07 Å². The van der Waals surface area contributed by atoms with Gasteiger partial charge in [-0.3, -0.25) is 14.5 Å². The molecule has 162 valence electrons. The Labute approximate surface area is 172 Å². The second kappa shape index (κ2) is 11.4. The van der Waals surface area contributed by atoms with E-state index >= 15 is 0 Å². The molecule has 1 atom stereocenters. The molecule has 1 saturated heterocycles. The molecule has 1 aliphatic rings. The molecule has 1 fully saturated rings. The largest absolute Gasteiger partial charge is 0.416 e. The first kappa shape index (κ1) is 23.5. The molecule has 6 nitrogen and oxygen atoms in total. The number of benzene rings is 1. The molecule has 0 bridgehead atoms. The van der Waals surface area contributed by atoms with Crippen LogP contribution in [-0.2, 0) is 20.5 Å². The van der Waals surface area contributed by atoms with Crippen LogP contribution in [0.1, 0.15) is 18.9 Å². The standard InChI is InChI=1S/C19H26F3N3O3S/c1-14(26)24-17(13-29-16-5-2-4-15(12-16)19(20,21)22)18(27)23-6-3-7-25-8-10-28-11-9-25/h2,4-5,12,17H,3,6-11,13H2,1H3,(H,23,27)(H,24,26). The SMILES string of the molecule is CC(=O)NC(CSc1cccc(C(F)(F)F)c1)C(=O)NCCCN1CCOCC1. The summed E-state index contributed by atoms with van der Waals surface area (Å²) in [5.74, 6) is -0.583. The average Bonchev–Trinajstić information content (AvgIpc) is 2.68. The summed E-state index contributed by atoms with van der Waals surface area (Å²) < 4.78 is 43.8. The lowest BCUT2D eigenvalue weighted by Gasteiger charge is -2.26. The molecule has 0 spiro atoms. The predicted octanol–water partition coefficient (Wildman–Crippen LogP) is 2.14. The first-order chi connectivity index (χ1) is 13.8. The number of thioether (sulfide) groups is 1. The molecule has 2 rings (SSSR count). The van der Waals surface area contributed by atoms with Crippen molar-refractivity contribution in [2.45, 2.75) is 30.5 Å². The Kier molecular flexibility index (Phi) is 9.25. The molecular weight excluding hydrogens is 407 g/mol. The number of hydrogen-bond acceptors (Lipinski definition) is 5. The second-order valence-electron chi connectivity index (χ2n) is 6.69. The quantitative estimate of drug-likeness (QED) is 0.461. The van der Waals surface area contributed by atoms with E-state index in [2.05, 4.69) is 15.5 Å². The van der Waals surface area contributed by atoms with Gasteiger partial charge in [0.2, 0.25) is 11.8 Å². The van der Waals surface area contributed by atoms with Gasteiger partial charge in [-0.05, 0) is 31.2 Å². The number of halogens is 3. The maximum Gasteiger partial charge on any atom is 0.416 e. The Morgan fingerprint density at radius 2 is 2.00 bits per heavy atom. The number of carbonyl (C=O) groups excluding carboxylic acids is 2. The Balaban J connectivity index is 1.82. The lowest BCUT2D eigenvalue weighted by molar-refractivity contribution is -0.137. The highest BCUT2D eigenvalue weighted by Crippen LogP contribution is 2.32. The minimum atomic E-state index is -4.43. The maximum atomic E-state index is 12.8. The second-order valence-corrected chi connectivity index (χ2v) is 7.78. The number of hydrogen-bond donors (Lipinski definition) is 2. The van der Waals surface area contributed by atoms with Crippen LogP contribution in [0.2, 0.25) is 0 Å². The van der Waals surface area contributed by atoms with Gasteiger partial charge < -0.3 is 15.4 Å². The van der Waals surface area contributed by atoms with Crippen molar-refractivity contribution in [3.63, 3.8) is 0 Å². The van der Waals surface area contributed by atoms with Crippen LogP contribution in [0.4, 0.5) is 13.2 Å². The number of morpholine rings is 1. The Morgan fingerprint density at radius 1 is 1.28 bits per heavy atom. The van der Waals surface area contributed by atoms with Crippen LogP contribution in [-0.4, -0.2) is 67.9 Å². The van der Waals surface area contributed by atoms with Gasteiger partial charge in [0.05, 0.1) is 18.8 Å². The van der Waals surface area contributed by atoms with Crippen molar-refractivity contribution in [3.8, 4) is 0 Å². The fraction of sp³-hybridized carbons (Fsp3) is 0.579. The number of rotatable bonds is 9. The van der Waals surface area contributed by atoms with Gasteiger partial charge in [-0.25, -0.2) is 0 Å². The van der Waals surface area contributed by atoms with Crippen LogP contribution < -0.4 is 10.6 Å². The van der Waals surface area contributed by atoms with E-state index in [0.29, 0.717) is 24.7 Å². The Morgan fingerprint density at radius 3 is 2.66 bits per heavy atom. The molecule has 1 heterocycles. The van der Waals surface area contributed by atoms with Crippen molar-refractivity contribution in [1.82, 2.24) is 15.5 Å². The molecular formula is C19H26F3N3O3S. The molecule has 1 aromatic rings. The van der Waals surface area contributed by atoms with Crippen LogP contribution in [0, 0.1) is 0 Å². The molecule has 0 aliphatic carbocycles.